The molecule has 1 aliphatic rings. The van der Waals surface area contributed by atoms with E-state index in [1.165, 1.54) is 25.3 Å². The molecule has 0 aromatic carbocycles. The van der Waals surface area contributed by atoms with Crippen LogP contribution in [0.4, 0.5) is 10.2 Å². The second-order valence-electron chi connectivity index (χ2n) is 4.54. The summed E-state index contributed by atoms with van der Waals surface area (Å²) in [5, 5.41) is 0. The molecule has 0 aliphatic heterocycles. The molecule has 17 heavy (non-hydrogen) atoms. The maximum absolute atomic E-state index is 13.9. The van der Waals surface area contributed by atoms with Crippen molar-refractivity contribution < 1.29 is 4.39 Å². The maximum Gasteiger partial charge on any atom is 0.166 e. The summed E-state index contributed by atoms with van der Waals surface area (Å²) in [7, 11) is 0. The molecule has 1 heterocycles. The SMILES string of the molecule is CCN(c1ncc(Br)cc1F)C1CCCCC1. The molecule has 0 radical (unpaired) electrons. The van der Waals surface area contributed by atoms with Crippen LogP contribution in [0.1, 0.15) is 39.0 Å². The van der Waals surface area contributed by atoms with E-state index in [1.807, 2.05) is 0 Å². The highest BCUT2D eigenvalue weighted by molar-refractivity contribution is 9.10. The highest BCUT2D eigenvalue weighted by Gasteiger charge is 2.23. The van der Waals surface area contributed by atoms with E-state index < -0.39 is 0 Å². The van der Waals surface area contributed by atoms with E-state index in [0.29, 0.717) is 16.3 Å². The Morgan fingerprint density at radius 3 is 2.71 bits per heavy atom. The summed E-state index contributed by atoms with van der Waals surface area (Å²) in [6.45, 7) is 2.88. The fourth-order valence-electron chi connectivity index (χ4n) is 2.59. The lowest BCUT2D eigenvalue weighted by atomic mass is 9.94. The second-order valence-corrected chi connectivity index (χ2v) is 5.45. The molecule has 0 N–H and O–H groups in total. The average Bonchev–Trinajstić information content (AvgIpc) is 2.34. The topological polar surface area (TPSA) is 16.1 Å². The summed E-state index contributed by atoms with van der Waals surface area (Å²) >= 11 is 3.24. The van der Waals surface area contributed by atoms with Gasteiger partial charge in [0.2, 0.25) is 0 Å². The summed E-state index contributed by atoms with van der Waals surface area (Å²) in [5.74, 6) is 0.273. The number of hydrogen-bond acceptors (Lipinski definition) is 2. The van der Waals surface area contributed by atoms with Crippen molar-refractivity contribution in [2.75, 3.05) is 11.4 Å². The van der Waals surface area contributed by atoms with Crippen LogP contribution in [0.25, 0.3) is 0 Å². The van der Waals surface area contributed by atoms with E-state index in [2.05, 4.69) is 32.7 Å². The Morgan fingerprint density at radius 2 is 2.12 bits per heavy atom. The lowest BCUT2D eigenvalue weighted by molar-refractivity contribution is 0.412. The van der Waals surface area contributed by atoms with Gasteiger partial charge in [-0.2, -0.15) is 0 Å². The molecule has 0 amide bonds. The van der Waals surface area contributed by atoms with Gasteiger partial charge in [-0.05, 0) is 41.8 Å². The van der Waals surface area contributed by atoms with Crippen LogP contribution < -0.4 is 4.90 Å². The Labute approximate surface area is 110 Å². The lowest BCUT2D eigenvalue weighted by Crippen LogP contribution is -2.37. The Bertz CT molecular complexity index is 378. The molecule has 0 atom stereocenters. The van der Waals surface area contributed by atoms with Gasteiger partial charge in [-0.3, -0.25) is 0 Å². The number of halogens is 2. The van der Waals surface area contributed by atoms with Crippen LogP contribution in [0.15, 0.2) is 16.7 Å². The van der Waals surface area contributed by atoms with Crippen molar-refractivity contribution in [1.82, 2.24) is 4.98 Å². The summed E-state index contributed by atoms with van der Waals surface area (Å²) in [4.78, 5) is 6.34. The largest absolute Gasteiger partial charge is 0.351 e. The monoisotopic (exact) mass is 300 g/mol. The van der Waals surface area contributed by atoms with E-state index >= 15 is 0 Å². The third kappa shape index (κ3) is 2.97. The smallest absolute Gasteiger partial charge is 0.166 e. The van der Waals surface area contributed by atoms with Crippen molar-refractivity contribution in [3.8, 4) is 0 Å². The van der Waals surface area contributed by atoms with Gasteiger partial charge < -0.3 is 4.90 Å². The van der Waals surface area contributed by atoms with E-state index in [9.17, 15) is 4.39 Å². The summed E-state index contributed by atoms with van der Waals surface area (Å²) in [6, 6.07) is 1.95. The summed E-state index contributed by atoms with van der Waals surface area (Å²) in [5.41, 5.74) is 0. The summed E-state index contributed by atoms with van der Waals surface area (Å²) in [6.07, 6.45) is 7.79. The van der Waals surface area contributed by atoms with Gasteiger partial charge in [-0.1, -0.05) is 19.3 Å². The van der Waals surface area contributed by atoms with E-state index in [1.54, 1.807) is 6.20 Å². The number of aromatic nitrogens is 1. The van der Waals surface area contributed by atoms with Crippen LogP contribution in [0, 0.1) is 5.82 Å². The molecular formula is C13H18BrFN2. The Kier molecular flexibility index (Phi) is 4.37. The minimum Gasteiger partial charge on any atom is -0.351 e. The van der Waals surface area contributed by atoms with Crippen molar-refractivity contribution in [3.05, 3.63) is 22.6 Å². The Hall–Kier alpha value is -0.640. The van der Waals surface area contributed by atoms with Crippen LogP contribution in [-0.2, 0) is 0 Å². The number of nitrogens with zero attached hydrogens (tertiary/aromatic N) is 2. The standard InChI is InChI=1S/C13H18BrFN2/c1-2-17(11-6-4-3-5-7-11)13-12(15)8-10(14)9-16-13/h8-9,11H,2-7H2,1H3. The van der Waals surface area contributed by atoms with Crippen molar-refractivity contribution >= 4 is 21.7 Å². The van der Waals surface area contributed by atoms with E-state index in [0.717, 1.165) is 19.4 Å². The highest BCUT2D eigenvalue weighted by atomic mass is 79.9. The van der Waals surface area contributed by atoms with Crippen LogP contribution in [0.5, 0.6) is 0 Å². The van der Waals surface area contributed by atoms with Gasteiger partial charge in [-0.15, -0.1) is 0 Å². The molecule has 2 rings (SSSR count). The molecule has 0 unspecified atom stereocenters. The minimum atomic E-state index is -0.230. The number of pyridine rings is 1. The number of rotatable bonds is 3. The molecule has 1 aliphatic carbocycles. The predicted molar refractivity (Wildman–Crippen MR) is 71.8 cm³/mol. The quantitative estimate of drug-likeness (QED) is 0.834. The minimum absolute atomic E-state index is 0.230. The molecular weight excluding hydrogens is 283 g/mol. The molecule has 0 saturated heterocycles. The Morgan fingerprint density at radius 1 is 1.41 bits per heavy atom. The fraction of sp³-hybridized carbons (Fsp3) is 0.615. The van der Waals surface area contributed by atoms with Gasteiger partial charge in [0, 0.05) is 23.3 Å². The number of hydrogen-bond donors (Lipinski definition) is 0. The van der Waals surface area contributed by atoms with Crippen molar-refractivity contribution in [1.29, 1.82) is 0 Å². The molecule has 4 heteroatoms. The van der Waals surface area contributed by atoms with Crippen molar-refractivity contribution in [3.63, 3.8) is 0 Å². The highest BCUT2D eigenvalue weighted by Crippen LogP contribution is 2.28. The first-order valence-electron chi connectivity index (χ1n) is 6.30. The van der Waals surface area contributed by atoms with Gasteiger partial charge in [0.25, 0.3) is 0 Å². The van der Waals surface area contributed by atoms with Gasteiger partial charge in [0.1, 0.15) is 0 Å². The fourth-order valence-corrected chi connectivity index (χ4v) is 2.90. The molecule has 0 spiro atoms. The molecule has 1 fully saturated rings. The van der Waals surface area contributed by atoms with Gasteiger partial charge in [0.15, 0.2) is 11.6 Å². The van der Waals surface area contributed by atoms with Crippen LogP contribution >= 0.6 is 15.9 Å². The maximum atomic E-state index is 13.9. The lowest BCUT2D eigenvalue weighted by Gasteiger charge is -2.34. The molecule has 1 aromatic rings. The first-order valence-corrected chi connectivity index (χ1v) is 7.09. The zero-order chi connectivity index (χ0) is 12.3. The molecule has 0 bridgehead atoms. The molecule has 94 valence electrons. The second kappa shape index (κ2) is 5.80. The molecule has 2 nitrogen and oxygen atoms in total. The van der Waals surface area contributed by atoms with Gasteiger partial charge in [0.05, 0.1) is 0 Å². The van der Waals surface area contributed by atoms with Crippen LogP contribution in [-0.4, -0.2) is 17.6 Å². The van der Waals surface area contributed by atoms with Gasteiger partial charge in [-0.25, -0.2) is 9.37 Å². The molecule has 1 aromatic heterocycles. The van der Waals surface area contributed by atoms with E-state index in [4.69, 9.17) is 0 Å². The van der Waals surface area contributed by atoms with Crippen molar-refractivity contribution in [2.24, 2.45) is 0 Å². The van der Waals surface area contributed by atoms with Crippen LogP contribution in [0.3, 0.4) is 0 Å². The van der Waals surface area contributed by atoms with Gasteiger partial charge >= 0.3 is 0 Å². The average molecular weight is 301 g/mol. The van der Waals surface area contributed by atoms with E-state index in [-0.39, 0.29) is 5.82 Å². The number of anilines is 1. The third-order valence-electron chi connectivity index (χ3n) is 3.42. The first-order chi connectivity index (χ1) is 8.22. The third-order valence-corrected chi connectivity index (χ3v) is 3.85. The molecule has 1 saturated carbocycles. The normalized spacial score (nSPS) is 17.1. The Balaban J connectivity index is 2.21. The first kappa shape index (κ1) is 12.8. The van der Waals surface area contributed by atoms with Crippen LogP contribution in [0.2, 0.25) is 0 Å². The summed E-state index contributed by atoms with van der Waals surface area (Å²) < 4.78 is 14.6. The van der Waals surface area contributed by atoms with Crippen molar-refractivity contribution in [2.45, 2.75) is 45.1 Å². The zero-order valence-corrected chi connectivity index (χ0v) is 11.7. The zero-order valence-electron chi connectivity index (χ0n) is 10.1. The predicted octanol–water partition coefficient (Wildman–Crippen LogP) is 4.14.